The first-order valence-corrected chi connectivity index (χ1v) is 8.63. The third-order valence-corrected chi connectivity index (χ3v) is 4.05. The summed E-state index contributed by atoms with van der Waals surface area (Å²) >= 11 is 0. The lowest BCUT2D eigenvalue weighted by atomic mass is 9.91. The number of nitrogens with zero attached hydrogens (tertiary/aromatic N) is 1. The number of amides is 2. The molecule has 1 heterocycles. The lowest BCUT2D eigenvalue weighted by molar-refractivity contribution is -0.173. The van der Waals surface area contributed by atoms with E-state index in [4.69, 9.17) is 9.47 Å². The lowest BCUT2D eigenvalue weighted by Crippen LogP contribution is -2.62. The van der Waals surface area contributed by atoms with E-state index in [0.717, 1.165) is 16.0 Å². The molecule has 0 bridgehead atoms. The minimum Gasteiger partial charge on any atom is -0.443 e. The number of rotatable bonds is 4. The predicted octanol–water partition coefficient (Wildman–Crippen LogP) is 4.09. The van der Waals surface area contributed by atoms with Gasteiger partial charge in [-0.25, -0.2) is 9.69 Å². The smallest absolute Gasteiger partial charge is 0.417 e. The number of ether oxygens (including phenoxy) is 2. The van der Waals surface area contributed by atoms with Crippen molar-refractivity contribution in [3.8, 4) is 0 Å². The van der Waals surface area contributed by atoms with E-state index >= 15 is 0 Å². The average Bonchev–Trinajstić information content (AvgIpc) is 2.59. The van der Waals surface area contributed by atoms with Crippen LogP contribution < -0.4 is 0 Å². The van der Waals surface area contributed by atoms with Crippen LogP contribution in [0.25, 0.3) is 0 Å². The fourth-order valence-electron chi connectivity index (χ4n) is 2.87. The van der Waals surface area contributed by atoms with Gasteiger partial charge in [0, 0.05) is 0 Å². The van der Waals surface area contributed by atoms with Crippen LogP contribution in [0.5, 0.6) is 0 Å². The van der Waals surface area contributed by atoms with Crippen LogP contribution in [0.4, 0.5) is 4.79 Å². The number of imide groups is 1. The number of likely N-dealkylation sites (tertiary alicyclic amines) is 1. The maximum absolute atomic E-state index is 12.6. The molecule has 0 saturated carbocycles. The quantitative estimate of drug-likeness (QED) is 0.777. The van der Waals surface area contributed by atoms with Crippen LogP contribution in [0.1, 0.15) is 37.9 Å². The monoisotopic (exact) mass is 353 g/mol. The molecular formula is C21H23NO4. The first-order chi connectivity index (χ1) is 12.4. The summed E-state index contributed by atoms with van der Waals surface area (Å²) in [5, 5.41) is 0. The first kappa shape index (κ1) is 18.1. The number of carbonyl (C=O) groups excluding carboxylic acids is 2. The van der Waals surface area contributed by atoms with Gasteiger partial charge in [0.05, 0.1) is 6.61 Å². The van der Waals surface area contributed by atoms with Gasteiger partial charge in [0.1, 0.15) is 11.6 Å². The number of carbonyl (C=O) groups is 2. The van der Waals surface area contributed by atoms with Crippen LogP contribution in [0.2, 0.25) is 0 Å². The van der Waals surface area contributed by atoms with Crippen molar-refractivity contribution in [2.45, 2.75) is 45.1 Å². The number of β-lactam (4-membered cyclic amide) rings is 1. The highest BCUT2D eigenvalue weighted by Gasteiger charge is 2.53. The van der Waals surface area contributed by atoms with Crippen LogP contribution in [-0.2, 0) is 20.9 Å². The Labute approximate surface area is 153 Å². The molecule has 0 N–H and O–H groups in total. The standard InChI is InChI=1S/C21H23NO4/c1-21(2,3)26-20(24)22-17(16-12-8-5-9-13-16)18(19(22)23)25-14-15-10-6-4-7-11-15/h4-13,17-18H,14H2,1-3H3/t17-,18+/m0/s1. The second-order valence-corrected chi connectivity index (χ2v) is 7.26. The van der Waals surface area contributed by atoms with Gasteiger partial charge in [0.2, 0.25) is 0 Å². The summed E-state index contributed by atoms with van der Waals surface area (Å²) in [7, 11) is 0. The second kappa shape index (κ2) is 7.30. The van der Waals surface area contributed by atoms with E-state index in [0.29, 0.717) is 6.61 Å². The normalized spacial score (nSPS) is 19.8. The van der Waals surface area contributed by atoms with Gasteiger partial charge in [-0.3, -0.25) is 4.79 Å². The molecule has 3 rings (SSSR count). The Morgan fingerprint density at radius 1 is 1.00 bits per heavy atom. The molecule has 0 aliphatic carbocycles. The molecule has 0 spiro atoms. The molecule has 1 fully saturated rings. The Morgan fingerprint density at radius 2 is 1.58 bits per heavy atom. The van der Waals surface area contributed by atoms with Crippen molar-refractivity contribution in [3.63, 3.8) is 0 Å². The molecule has 136 valence electrons. The van der Waals surface area contributed by atoms with Crippen molar-refractivity contribution in [2.24, 2.45) is 0 Å². The highest BCUT2D eigenvalue weighted by molar-refractivity contribution is 6.01. The van der Waals surface area contributed by atoms with Crippen molar-refractivity contribution in [2.75, 3.05) is 0 Å². The molecule has 2 aromatic carbocycles. The van der Waals surface area contributed by atoms with Crippen LogP contribution in [0, 0.1) is 0 Å². The molecule has 0 aromatic heterocycles. The van der Waals surface area contributed by atoms with Gasteiger partial charge < -0.3 is 9.47 Å². The molecule has 5 nitrogen and oxygen atoms in total. The summed E-state index contributed by atoms with van der Waals surface area (Å²) in [5.74, 6) is -0.371. The molecule has 0 radical (unpaired) electrons. The molecule has 26 heavy (non-hydrogen) atoms. The van der Waals surface area contributed by atoms with Crippen LogP contribution >= 0.6 is 0 Å². The van der Waals surface area contributed by atoms with Gasteiger partial charge in [-0.1, -0.05) is 60.7 Å². The maximum Gasteiger partial charge on any atom is 0.417 e. The number of benzene rings is 2. The van der Waals surface area contributed by atoms with Crippen molar-refractivity contribution in [1.29, 1.82) is 0 Å². The van der Waals surface area contributed by atoms with Crippen molar-refractivity contribution in [1.82, 2.24) is 4.90 Å². The van der Waals surface area contributed by atoms with Gasteiger partial charge in [0.25, 0.3) is 5.91 Å². The Hall–Kier alpha value is -2.66. The number of hydrogen-bond acceptors (Lipinski definition) is 4. The SMILES string of the molecule is CC(C)(C)OC(=O)N1C(=O)[C@H](OCc2ccccc2)[C@@H]1c1ccccc1. The Balaban J connectivity index is 1.78. The zero-order valence-corrected chi connectivity index (χ0v) is 15.2. The summed E-state index contributed by atoms with van der Waals surface area (Å²) in [5.41, 5.74) is 1.15. The molecular weight excluding hydrogens is 330 g/mol. The van der Waals surface area contributed by atoms with Crippen molar-refractivity contribution in [3.05, 3.63) is 71.8 Å². The number of hydrogen-bond donors (Lipinski definition) is 0. The molecule has 5 heteroatoms. The zero-order valence-electron chi connectivity index (χ0n) is 15.2. The van der Waals surface area contributed by atoms with E-state index in [1.807, 2.05) is 60.7 Å². The minimum atomic E-state index is -0.704. The summed E-state index contributed by atoms with van der Waals surface area (Å²) in [6.07, 6.45) is -1.35. The summed E-state index contributed by atoms with van der Waals surface area (Å²) < 4.78 is 11.2. The lowest BCUT2D eigenvalue weighted by Gasteiger charge is -2.45. The van der Waals surface area contributed by atoms with Gasteiger partial charge in [0.15, 0.2) is 6.10 Å². The van der Waals surface area contributed by atoms with Crippen LogP contribution in [-0.4, -0.2) is 28.6 Å². The Morgan fingerprint density at radius 3 is 2.15 bits per heavy atom. The van der Waals surface area contributed by atoms with Gasteiger partial charge >= 0.3 is 6.09 Å². The summed E-state index contributed by atoms with van der Waals surface area (Å²) in [6, 6.07) is 18.6. The van der Waals surface area contributed by atoms with Gasteiger partial charge in [-0.05, 0) is 31.9 Å². The van der Waals surface area contributed by atoms with E-state index < -0.39 is 23.8 Å². The van der Waals surface area contributed by atoms with E-state index in [1.54, 1.807) is 20.8 Å². The highest BCUT2D eigenvalue weighted by atomic mass is 16.6. The maximum atomic E-state index is 12.6. The van der Waals surface area contributed by atoms with Gasteiger partial charge in [-0.2, -0.15) is 0 Å². The summed E-state index contributed by atoms with van der Waals surface area (Å²) in [6.45, 7) is 5.63. The topological polar surface area (TPSA) is 55.8 Å². The summed E-state index contributed by atoms with van der Waals surface area (Å²) in [4.78, 5) is 26.2. The molecule has 2 aromatic rings. The van der Waals surface area contributed by atoms with E-state index in [9.17, 15) is 9.59 Å². The Kier molecular flexibility index (Phi) is 5.09. The Bertz CT molecular complexity index is 768. The average molecular weight is 353 g/mol. The molecule has 1 saturated heterocycles. The van der Waals surface area contributed by atoms with E-state index in [1.165, 1.54) is 0 Å². The van der Waals surface area contributed by atoms with Crippen LogP contribution in [0.3, 0.4) is 0 Å². The second-order valence-electron chi connectivity index (χ2n) is 7.26. The predicted molar refractivity (Wildman–Crippen MR) is 97.3 cm³/mol. The van der Waals surface area contributed by atoms with Crippen molar-refractivity contribution < 1.29 is 19.1 Å². The fraction of sp³-hybridized carbons (Fsp3) is 0.333. The fourth-order valence-corrected chi connectivity index (χ4v) is 2.87. The third kappa shape index (κ3) is 3.94. The molecule has 1 aliphatic heterocycles. The first-order valence-electron chi connectivity index (χ1n) is 8.63. The van der Waals surface area contributed by atoms with Gasteiger partial charge in [-0.15, -0.1) is 0 Å². The molecule has 0 unspecified atom stereocenters. The minimum absolute atomic E-state index is 0.308. The van der Waals surface area contributed by atoms with Crippen LogP contribution in [0.15, 0.2) is 60.7 Å². The third-order valence-electron chi connectivity index (χ3n) is 4.05. The molecule has 2 atom stereocenters. The highest BCUT2D eigenvalue weighted by Crippen LogP contribution is 2.38. The van der Waals surface area contributed by atoms with E-state index in [-0.39, 0.29) is 5.91 Å². The largest absolute Gasteiger partial charge is 0.443 e. The zero-order chi connectivity index (χ0) is 18.7. The molecule has 1 aliphatic rings. The van der Waals surface area contributed by atoms with E-state index in [2.05, 4.69) is 0 Å². The van der Waals surface area contributed by atoms with Crippen molar-refractivity contribution >= 4 is 12.0 Å². The molecule has 2 amide bonds.